The van der Waals surface area contributed by atoms with Gasteiger partial charge >= 0.3 is 0 Å². The summed E-state index contributed by atoms with van der Waals surface area (Å²) in [7, 11) is -3.21. The lowest BCUT2D eigenvalue weighted by atomic mass is 10.3. The second-order valence-electron chi connectivity index (χ2n) is 3.80. The van der Waals surface area contributed by atoms with Crippen molar-refractivity contribution < 1.29 is 8.42 Å². The first-order valence-corrected chi connectivity index (χ1v) is 7.18. The summed E-state index contributed by atoms with van der Waals surface area (Å²) >= 11 is 0. The smallest absolute Gasteiger partial charge is 0.228 e. The Bertz CT molecular complexity index is 733. The van der Waals surface area contributed by atoms with E-state index in [2.05, 4.69) is 15.3 Å². The summed E-state index contributed by atoms with van der Waals surface area (Å²) in [5, 5.41) is 11.6. The molecule has 6 nitrogen and oxygen atoms in total. The van der Waals surface area contributed by atoms with Gasteiger partial charge in [0.15, 0.2) is 9.84 Å². The van der Waals surface area contributed by atoms with E-state index in [0.717, 1.165) is 6.26 Å². The maximum atomic E-state index is 11.3. The third kappa shape index (κ3) is 3.26. The maximum absolute atomic E-state index is 11.3. The van der Waals surface area contributed by atoms with Crippen molar-refractivity contribution in [3.63, 3.8) is 0 Å². The van der Waals surface area contributed by atoms with Crippen LogP contribution in [-0.2, 0) is 9.84 Å². The van der Waals surface area contributed by atoms with Crippen LogP contribution in [0.4, 0.5) is 11.6 Å². The fourth-order valence-corrected chi connectivity index (χ4v) is 2.03. The average molecular weight is 274 g/mol. The van der Waals surface area contributed by atoms with E-state index in [1.807, 2.05) is 6.07 Å². The van der Waals surface area contributed by atoms with E-state index in [9.17, 15) is 8.42 Å². The van der Waals surface area contributed by atoms with Gasteiger partial charge in [-0.1, -0.05) is 0 Å². The van der Waals surface area contributed by atoms with Gasteiger partial charge in [-0.2, -0.15) is 5.26 Å². The molecule has 0 aliphatic rings. The molecule has 96 valence electrons. The Labute approximate surface area is 110 Å². The number of sulfone groups is 1. The third-order valence-electron chi connectivity index (χ3n) is 2.31. The van der Waals surface area contributed by atoms with E-state index in [4.69, 9.17) is 5.26 Å². The number of nitrogens with zero attached hydrogens (tertiary/aromatic N) is 3. The topological polar surface area (TPSA) is 95.7 Å². The molecule has 0 spiro atoms. The summed E-state index contributed by atoms with van der Waals surface area (Å²) in [5.74, 6) is 0.283. The Morgan fingerprint density at radius 2 is 1.89 bits per heavy atom. The molecule has 0 radical (unpaired) electrons. The first-order chi connectivity index (χ1) is 8.99. The lowest BCUT2D eigenvalue weighted by Gasteiger charge is -2.05. The predicted molar refractivity (Wildman–Crippen MR) is 69.6 cm³/mol. The zero-order chi connectivity index (χ0) is 13.9. The predicted octanol–water partition coefficient (Wildman–Crippen LogP) is 1.50. The van der Waals surface area contributed by atoms with Crippen molar-refractivity contribution in [2.45, 2.75) is 4.90 Å². The van der Waals surface area contributed by atoms with E-state index in [-0.39, 0.29) is 16.5 Å². The van der Waals surface area contributed by atoms with Crippen LogP contribution in [0.5, 0.6) is 0 Å². The van der Waals surface area contributed by atoms with E-state index >= 15 is 0 Å². The van der Waals surface area contributed by atoms with Gasteiger partial charge in [0.1, 0.15) is 11.8 Å². The van der Waals surface area contributed by atoms with Crippen LogP contribution in [0.3, 0.4) is 0 Å². The van der Waals surface area contributed by atoms with Crippen molar-refractivity contribution in [3.8, 4) is 6.07 Å². The normalized spacial score (nSPS) is 10.7. The first kappa shape index (κ1) is 13.0. The summed E-state index contributed by atoms with van der Waals surface area (Å²) in [4.78, 5) is 8.16. The number of anilines is 2. The zero-order valence-electron chi connectivity index (χ0n) is 10.0. The fraction of sp³-hybridized carbons (Fsp3) is 0.0833. The Hall–Kier alpha value is -2.46. The van der Waals surface area contributed by atoms with Crippen molar-refractivity contribution in [2.24, 2.45) is 0 Å². The van der Waals surface area contributed by atoms with Crippen molar-refractivity contribution in [1.29, 1.82) is 5.26 Å². The van der Waals surface area contributed by atoms with Crippen molar-refractivity contribution in [1.82, 2.24) is 9.97 Å². The third-order valence-corrected chi connectivity index (χ3v) is 3.44. The van der Waals surface area contributed by atoms with Crippen LogP contribution in [0.15, 0.2) is 41.4 Å². The van der Waals surface area contributed by atoms with Gasteiger partial charge in [0.2, 0.25) is 5.95 Å². The molecule has 0 saturated heterocycles. The number of hydrogen-bond acceptors (Lipinski definition) is 6. The highest BCUT2D eigenvalue weighted by atomic mass is 32.2. The van der Waals surface area contributed by atoms with Crippen molar-refractivity contribution in [2.75, 3.05) is 11.6 Å². The molecule has 7 heteroatoms. The SMILES string of the molecule is CS(=O)(=O)c1ccc(Nc2nccc(C#N)n2)cc1. The minimum absolute atomic E-state index is 0.241. The van der Waals surface area contributed by atoms with Gasteiger partial charge in [0.25, 0.3) is 0 Å². The molecule has 0 bridgehead atoms. The van der Waals surface area contributed by atoms with Crippen LogP contribution in [-0.4, -0.2) is 24.6 Å². The standard InChI is InChI=1S/C12H10N4O2S/c1-19(17,18)11-4-2-9(3-5-11)15-12-14-7-6-10(8-13)16-12/h2-7H,1H3,(H,14,15,16). The summed E-state index contributed by atoms with van der Waals surface area (Å²) in [5.41, 5.74) is 0.896. The van der Waals surface area contributed by atoms with Gasteiger partial charge in [-0.3, -0.25) is 0 Å². The van der Waals surface area contributed by atoms with E-state index < -0.39 is 9.84 Å². The first-order valence-electron chi connectivity index (χ1n) is 5.29. The van der Waals surface area contributed by atoms with Crippen molar-refractivity contribution in [3.05, 3.63) is 42.2 Å². The van der Waals surface area contributed by atoms with Gasteiger partial charge in [-0.15, -0.1) is 0 Å². The molecule has 1 N–H and O–H groups in total. The number of rotatable bonds is 3. The number of hydrogen-bond donors (Lipinski definition) is 1. The van der Waals surface area contributed by atoms with Crippen LogP contribution < -0.4 is 5.32 Å². The van der Waals surface area contributed by atoms with Crippen LogP contribution in [0.1, 0.15) is 5.69 Å². The highest BCUT2D eigenvalue weighted by molar-refractivity contribution is 7.90. The van der Waals surface area contributed by atoms with Crippen LogP contribution in [0.25, 0.3) is 0 Å². The number of aromatic nitrogens is 2. The van der Waals surface area contributed by atoms with Gasteiger partial charge in [-0.25, -0.2) is 18.4 Å². The Morgan fingerprint density at radius 1 is 1.21 bits per heavy atom. The Morgan fingerprint density at radius 3 is 2.47 bits per heavy atom. The largest absolute Gasteiger partial charge is 0.324 e. The molecular formula is C12H10N4O2S. The summed E-state index contributed by atoms with van der Waals surface area (Å²) in [6.07, 6.45) is 2.62. The maximum Gasteiger partial charge on any atom is 0.228 e. The summed E-state index contributed by atoms with van der Waals surface area (Å²) in [6.45, 7) is 0. The lowest BCUT2D eigenvalue weighted by molar-refractivity contribution is 0.602. The van der Waals surface area contributed by atoms with Gasteiger partial charge in [0, 0.05) is 18.1 Å². The number of nitriles is 1. The second kappa shape index (κ2) is 5.04. The average Bonchev–Trinajstić information content (AvgIpc) is 2.38. The monoisotopic (exact) mass is 274 g/mol. The fourth-order valence-electron chi connectivity index (χ4n) is 1.40. The number of benzene rings is 1. The number of nitrogens with one attached hydrogen (secondary N) is 1. The van der Waals surface area contributed by atoms with Crippen LogP contribution in [0, 0.1) is 11.3 Å². The molecule has 19 heavy (non-hydrogen) atoms. The van der Waals surface area contributed by atoms with E-state index in [1.165, 1.54) is 24.4 Å². The van der Waals surface area contributed by atoms with Gasteiger partial charge in [0.05, 0.1) is 4.90 Å². The molecule has 0 atom stereocenters. The molecule has 1 heterocycles. The molecule has 1 aromatic carbocycles. The van der Waals surface area contributed by atoms with Crippen LogP contribution >= 0.6 is 0 Å². The van der Waals surface area contributed by atoms with E-state index in [0.29, 0.717) is 5.69 Å². The molecule has 0 aliphatic carbocycles. The van der Waals surface area contributed by atoms with E-state index in [1.54, 1.807) is 12.1 Å². The molecule has 0 amide bonds. The quantitative estimate of drug-likeness (QED) is 0.911. The van der Waals surface area contributed by atoms with Crippen molar-refractivity contribution >= 4 is 21.5 Å². The van der Waals surface area contributed by atoms with Gasteiger partial charge in [-0.05, 0) is 30.3 Å². The molecular weight excluding hydrogens is 264 g/mol. The molecule has 0 aliphatic heterocycles. The summed E-state index contributed by atoms with van der Waals surface area (Å²) in [6, 6.07) is 9.61. The highest BCUT2D eigenvalue weighted by Crippen LogP contribution is 2.16. The second-order valence-corrected chi connectivity index (χ2v) is 5.81. The van der Waals surface area contributed by atoms with Crippen LogP contribution in [0.2, 0.25) is 0 Å². The molecule has 2 aromatic rings. The molecule has 0 saturated carbocycles. The zero-order valence-corrected chi connectivity index (χ0v) is 10.8. The Balaban J connectivity index is 2.22. The minimum atomic E-state index is -3.21. The lowest BCUT2D eigenvalue weighted by Crippen LogP contribution is -2.00. The molecule has 0 unspecified atom stereocenters. The molecule has 2 rings (SSSR count). The summed E-state index contributed by atoms with van der Waals surface area (Å²) < 4.78 is 22.6. The Kier molecular flexibility index (Phi) is 3.44. The van der Waals surface area contributed by atoms with Gasteiger partial charge < -0.3 is 5.32 Å². The highest BCUT2D eigenvalue weighted by Gasteiger charge is 2.06. The molecule has 1 aromatic heterocycles. The molecule has 0 fully saturated rings. The minimum Gasteiger partial charge on any atom is -0.324 e.